The molecule has 3 heterocycles. The summed E-state index contributed by atoms with van der Waals surface area (Å²) in [5.74, 6) is 1.69. The zero-order chi connectivity index (χ0) is 19.2. The number of ether oxygens (including phenoxy) is 2. The van der Waals surface area contributed by atoms with Gasteiger partial charge in [-0.15, -0.1) is 0 Å². The van der Waals surface area contributed by atoms with Crippen LogP contribution < -0.4 is 15.8 Å². The van der Waals surface area contributed by atoms with Gasteiger partial charge in [0, 0.05) is 32.0 Å². The maximum Gasteiger partial charge on any atom is 0.410 e. The molecular weight excluding hydrogens is 348 g/mol. The minimum absolute atomic E-state index is 0.00880. The Bertz CT molecular complexity index is 760. The van der Waals surface area contributed by atoms with E-state index in [0.29, 0.717) is 36.3 Å². The number of piperidine rings is 1. The van der Waals surface area contributed by atoms with Crippen molar-refractivity contribution in [3.8, 4) is 5.88 Å². The van der Waals surface area contributed by atoms with E-state index in [9.17, 15) is 4.79 Å². The number of pyridine rings is 1. The normalized spacial score (nSPS) is 14.9. The van der Waals surface area contributed by atoms with Gasteiger partial charge in [-0.3, -0.25) is 0 Å². The number of nitrogens with zero attached hydrogens (tertiary/aromatic N) is 4. The van der Waals surface area contributed by atoms with Crippen LogP contribution in [0.5, 0.6) is 5.88 Å². The molecular formula is C18H24N6O3. The van der Waals surface area contributed by atoms with Crippen molar-refractivity contribution in [3.63, 3.8) is 0 Å². The highest BCUT2D eigenvalue weighted by atomic mass is 16.6. The van der Waals surface area contributed by atoms with E-state index in [4.69, 9.17) is 15.2 Å². The van der Waals surface area contributed by atoms with Crippen LogP contribution in [0.3, 0.4) is 0 Å². The number of hydrogen-bond acceptors (Lipinski definition) is 8. The molecule has 0 aromatic carbocycles. The largest absolute Gasteiger partial charge is 0.474 e. The number of carbonyl (C=O) groups excluding carboxylic acids is 1. The van der Waals surface area contributed by atoms with Gasteiger partial charge in [0.25, 0.3) is 0 Å². The predicted molar refractivity (Wildman–Crippen MR) is 101 cm³/mol. The van der Waals surface area contributed by atoms with E-state index in [2.05, 4.69) is 20.3 Å². The van der Waals surface area contributed by atoms with Gasteiger partial charge in [-0.2, -0.15) is 0 Å². The molecule has 1 saturated heterocycles. The lowest BCUT2D eigenvalue weighted by molar-refractivity contribution is 0.0507. The number of likely N-dealkylation sites (tertiary alicyclic amines) is 1. The Morgan fingerprint density at radius 2 is 2.00 bits per heavy atom. The van der Waals surface area contributed by atoms with Crippen molar-refractivity contribution in [2.45, 2.75) is 38.9 Å². The molecule has 1 fully saturated rings. The van der Waals surface area contributed by atoms with Gasteiger partial charge in [-0.1, -0.05) is 0 Å². The van der Waals surface area contributed by atoms with Crippen LogP contribution in [-0.4, -0.2) is 51.2 Å². The topological polar surface area (TPSA) is 115 Å². The molecule has 2 aromatic heterocycles. The maximum absolute atomic E-state index is 11.9. The van der Waals surface area contributed by atoms with Crippen molar-refractivity contribution in [1.82, 2.24) is 19.9 Å². The van der Waals surface area contributed by atoms with E-state index in [0.717, 1.165) is 12.8 Å². The highest BCUT2D eigenvalue weighted by molar-refractivity contribution is 5.67. The quantitative estimate of drug-likeness (QED) is 0.823. The molecule has 9 nitrogen and oxygen atoms in total. The van der Waals surface area contributed by atoms with Crippen molar-refractivity contribution < 1.29 is 14.3 Å². The van der Waals surface area contributed by atoms with Crippen LogP contribution in [0.15, 0.2) is 30.7 Å². The molecule has 2 aromatic rings. The molecule has 0 radical (unpaired) electrons. The van der Waals surface area contributed by atoms with E-state index in [1.54, 1.807) is 29.3 Å². The lowest BCUT2D eigenvalue weighted by atomic mass is 10.1. The molecule has 0 saturated carbocycles. The second-order valence-electron chi connectivity index (χ2n) is 6.58. The summed E-state index contributed by atoms with van der Waals surface area (Å²) in [5.41, 5.74) is 6.23. The number of hydrogen-bond donors (Lipinski definition) is 2. The summed E-state index contributed by atoms with van der Waals surface area (Å²) in [6.07, 6.45) is 4.05. The fraction of sp³-hybridized carbons (Fsp3) is 0.444. The molecule has 0 bridgehead atoms. The van der Waals surface area contributed by atoms with Crippen LogP contribution in [0.4, 0.5) is 22.1 Å². The number of rotatable bonds is 5. The molecule has 1 amide bonds. The van der Waals surface area contributed by atoms with Gasteiger partial charge in [0.2, 0.25) is 5.88 Å². The number of carbonyl (C=O) groups is 1. The van der Waals surface area contributed by atoms with Crippen molar-refractivity contribution >= 4 is 23.4 Å². The summed E-state index contributed by atoms with van der Waals surface area (Å²) in [4.78, 5) is 26.2. The first-order valence-electron chi connectivity index (χ1n) is 8.92. The zero-order valence-electron chi connectivity index (χ0n) is 15.5. The number of nitrogen functional groups attached to an aromatic ring is 1. The summed E-state index contributed by atoms with van der Waals surface area (Å²) in [5, 5.41) is 3.08. The smallest absolute Gasteiger partial charge is 0.410 e. The molecule has 1 aliphatic heterocycles. The van der Waals surface area contributed by atoms with E-state index >= 15 is 0 Å². The molecule has 1 aliphatic rings. The molecule has 0 unspecified atom stereocenters. The molecule has 0 spiro atoms. The lowest BCUT2D eigenvalue weighted by Gasteiger charge is -2.31. The first-order valence-corrected chi connectivity index (χ1v) is 8.92. The van der Waals surface area contributed by atoms with Crippen molar-refractivity contribution in [3.05, 3.63) is 30.7 Å². The third kappa shape index (κ3) is 5.44. The maximum atomic E-state index is 11.9. The van der Waals surface area contributed by atoms with Gasteiger partial charge in [0.05, 0.1) is 18.0 Å². The minimum atomic E-state index is -0.270. The Kier molecular flexibility index (Phi) is 5.90. The van der Waals surface area contributed by atoms with Crippen LogP contribution in [-0.2, 0) is 4.74 Å². The molecule has 27 heavy (non-hydrogen) atoms. The summed E-state index contributed by atoms with van der Waals surface area (Å²) in [6, 6.07) is 5.24. The molecule has 3 rings (SSSR count). The van der Waals surface area contributed by atoms with Crippen LogP contribution >= 0.6 is 0 Å². The van der Waals surface area contributed by atoms with Crippen molar-refractivity contribution in [1.29, 1.82) is 0 Å². The van der Waals surface area contributed by atoms with Crippen LogP contribution in [0.2, 0.25) is 0 Å². The van der Waals surface area contributed by atoms with Crippen LogP contribution in [0.1, 0.15) is 26.7 Å². The third-order valence-electron chi connectivity index (χ3n) is 4.01. The highest BCUT2D eigenvalue weighted by Crippen LogP contribution is 2.21. The van der Waals surface area contributed by atoms with Crippen LogP contribution in [0.25, 0.3) is 0 Å². The van der Waals surface area contributed by atoms with Crippen LogP contribution in [0, 0.1) is 0 Å². The first kappa shape index (κ1) is 18.7. The number of aromatic nitrogens is 3. The van der Waals surface area contributed by atoms with Gasteiger partial charge in [0.15, 0.2) is 0 Å². The Morgan fingerprint density at radius 3 is 2.67 bits per heavy atom. The molecule has 0 aliphatic carbocycles. The van der Waals surface area contributed by atoms with Gasteiger partial charge in [-0.25, -0.2) is 19.7 Å². The van der Waals surface area contributed by atoms with Gasteiger partial charge >= 0.3 is 6.09 Å². The van der Waals surface area contributed by atoms with Crippen molar-refractivity contribution in [2.24, 2.45) is 0 Å². The summed E-state index contributed by atoms with van der Waals surface area (Å²) in [6.45, 7) is 4.88. The highest BCUT2D eigenvalue weighted by Gasteiger charge is 2.25. The average Bonchev–Trinajstić information content (AvgIpc) is 2.64. The van der Waals surface area contributed by atoms with Gasteiger partial charge in [0.1, 0.15) is 24.1 Å². The van der Waals surface area contributed by atoms with Gasteiger partial charge in [-0.05, 0) is 26.0 Å². The second kappa shape index (κ2) is 8.52. The Morgan fingerprint density at radius 1 is 1.22 bits per heavy atom. The van der Waals surface area contributed by atoms with E-state index in [1.807, 2.05) is 13.8 Å². The first-order chi connectivity index (χ1) is 13.0. The van der Waals surface area contributed by atoms with E-state index in [-0.39, 0.29) is 18.3 Å². The summed E-state index contributed by atoms with van der Waals surface area (Å²) >= 11 is 0. The number of anilines is 3. The second-order valence-corrected chi connectivity index (χ2v) is 6.58. The predicted octanol–water partition coefficient (Wildman–Crippen LogP) is 2.59. The lowest BCUT2D eigenvalue weighted by Crippen LogP contribution is -2.42. The third-order valence-corrected chi connectivity index (χ3v) is 4.01. The molecule has 0 atom stereocenters. The fourth-order valence-electron chi connectivity index (χ4n) is 2.69. The Hall–Kier alpha value is -3.10. The monoisotopic (exact) mass is 372 g/mol. The molecule has 3 N–H and O–H groups in total. The standard InChI is InChI=1S/C18H24N6O3/c1-12(2)26-18(25)24-7-5-14(6-8-24)27-17-9-16(21-11-22-17)23-15-4-3-13(19)10-20-15/h3-4,9-12,14H,5-8,19H2,1-2H3,(H,20,21,22,23). The van der Waals surface area contributed by atoms with Crippen molar-refractivity contribution in [2.75, 3.05) is 24.1 Å². The minimum Gasteiger partial charge on any atom is -0.474 e. The molecule has 9 heteroatoms. The number of amides is 1. The average molecular weight is 372 g/mol. The Labute approximate surface area is 157 Å². The summed E-state index contributed by atoms with van der Waals surface area (Å²) in [7, 11) is 0. The number of nitrogens with two attached hydrogens (primary N) is 1. The summed E-state index contributed by atoms with van der Waals surface area (Å²) < 4.78 is 11.2. The van der Waals surface area contributed by atoms with E-state index < -0.39 is 0 Å². The van der Waals surface area contributed by atoms with E-state index in [1.165, 1.54) is 6.33 Å². The number of nitrogens with one attached hydrogen (secondary N) is 1. The van der Waals surface area contributed by atoms with Gasteiger partial charge < -0.3 is 25.4 Å². The zero-order valence-corrected chi connectivity index (χ0v) is 15.5. The Balaban J connectivity index is 1.53. The SMILES string of the molecule is CC(C)OC(=O)N1CCC(Oc2cc(Nc3ccc(N)cn3)ncn2)CC1. The fourth-order valence-corrected chi connectivity index (χ4v) is 2.69. The molecule has 144 valence electrons.